The zero-order valence-electron chi connectivity index (χ0n) is 11.8. The summed E-state index contributed by atoms with van der Waals surface area (Å²) in [5, 5.41) is 14.2. The first-order valence-corrected chi connectivity index (χ1v) is 7.55. The Kier molecular flexibility index (Phi) is 5.64. The monoisotopic (exact) mass is 284 g/mol. The summed E-state index contributed by atoms with van der Waals surface area (Å²) in [6.07, 6.45) is 8.03. The van der Waals surface area contributed by atoms with E-state index in [4.69, 9.17) is 9.84 Å². The third kappa shape index (κ3) is 5.00. The van der Waals surface area contributed by atoms with Crippen LogP contribution in [-0.4, -0.2) is 42.4 Å². The van der Waals surface area contributed by atoms with Crippen LogP contribution in [0.25, 0.3) is 0 Å². The Hall–Kier alpha value is -1.30. The van der Waals surface area contributed by atoms with Crippen molar-refractivity contribution < 1.29 is 19.4 Å². The van der Waals surface area contributed by atoms with E-state index in [1.807, 2.05) is 0 Å². The molecule has 0 saturated heterocycles. The second-order valence-electron chi connectivity index (χ2n) is 5.68. The number of urea groups is 1. The van der Waals surface area contributed by atoms with E-state index in [1.54, 1.807) is 0 Å². The lowest BCUT2D eigenvalue weighted by Crippen LogP contribution is -2.47. The number of hydrogen-bond acceptors (Lipinski definition) is 3. The fourth-order valence-corrected chi connectivity index (χ4v) is 2.62. The van der Waals surface area contributed by atoms with Crippen LogP contribution >= 0.6 is 0 Å². The number of hydrogen-bond donors (Lipinski definition) is 3. The van der Waals surface area contributed by atoms with Crippen molar-refractivity contribution in [3.8, 4) is 0 Å². The minimum Gasteiger partial charge on any atom is -0.480 e. The van der Waals surface area contributed by atoms with Crippen LogP contribution in [0, 0.1) is 5.92 Å². The van der Waals surface area contributed by atoms with Crippen molar-refractivity contribution in [3.05, 3.63) is 0 Å². The summed E-state index contributed by atoms with van der Waals surface area (Å²) < 4.78 is 5.69. The number of amides is 2. The van der Waals surface area contributed by atoms with Gasteiger partial charge in [0.05, 0.1) is 12.7 Å². The van der Waals surface area contributed by atoms with Gasteiger partial charge < -0.3 is 20.5 Å². The van der Waals surface area contributed by atoms with E-state index in [9.17, 15) is 9.59 Å². The highest BCUT2D eigenvalue weighted by molar-refractivity contribution is 5.83. The van der Waals surface area contributed by atoms with Gasteiger partial charge in [0.1, 0.15) is 6.04 Å². The molecule has 0 radical (unpaired) electrons. The Labute approximate surface area is 119 Å². The zero-order valence-corrected chi connectivity index (χ0v) is 11.8. The molecule has 0 aliphatic heterocycles. The summed E-state index contributed by atoms with van der Waals surface area (Å²) >= 11 is 0. The lowest BCUT2D eigenvalue weighted by molar-refractivity contribution is -0.139. The van der Waals surface area contributed by atoms with Gasteiger partial charge in [0, 0.05) is 6.54 Å². The first-order chi connectivity index (χ1) is 9.66. The Bertz CT molecular complexity index is 338. The standard InChI is InChI=1S/C14H24N2O4/c17-13(18)12(10-6-7-10)16-14(19)15-8-9-20-11-4-2-1-3-5-11/h10-12H,1-9H2,(H,17,18)(H2,15,16,19). The van der Waals surface area contributed by atoms with Gasteiger partial charge in [0.15, 0.2) is 0 Å². The third-order valence-corrected chi connectivity index (χ3v) is 3.94. The van der Waals surface area contributed by atoms with Crippen molar-refractivity contribution in [2.24, 2.45) is 5.92 Å². The van der Waals surface area contributed by atoms with Crippen LogP contribution < -0.4 is 10.6 Å². The van der Waals surface area contributed by atoms with Crippen LogP contribution in [0.1, 0.15) is 44.9 Å². The van der Waals surface area contributed by atoms with Crippen LogP contribution in [0.2, 0.25) is 0 Å². The van der Waals surface area contributed by atoms with Crippen LogP contribution in [-0.2, 0) is 9.53 Å². The Balaban J connectivity index is 1.56. The predicted octanol–water partition coefficient (Wildman–Crippen LogP) is 1.50. The minimum absolute atomic E-state index is 0.0942. The minimum atomic E-state index is -0.957. The molecule has 6 heteroatoms. The molecule has 2 saturated carbocycles. The molecule has 2 fully saturated rings. The number of carboxylic acid groups (broad SMARTS) is 1. The molecule has 0 heterocycles. The topological polar surface area (TPSA) is 87.7 Å². The molecule has 114 valence electrons. The molecule has 2 aliphatic carbocycles. The lowest BCUT2D eigenvalue weighted by atomic mass is 9.98. The number of carboxylic acids is 1. The van der Waals surface area contributed by atoms with E-state index < -0.39 is 18.0 Å². The molecular weight excluding hydrogens is 260 g/mol. The SMILES string of the molecule is O=C(NCCOC1CCCCC1)NC(C(=O)O)C1CC1. The highest BCUT2D eigenvalue weighted by Crippen LogP contribution is 2.32. The van der Waals surface area contributed by atoms with Crippen molar-refractivity contribution in [1.29, 1.82) is 0 Å². The van der Waals surface area contributed by atoms with Gasteiger partial charge in [0.25, 0.3) is 0 Å². The highest BCUT2D eigenvalue weighted by Gasteiger charge is 2.37. The first-order valence-electron chi connectivity index (χ1n) is 7.55. The highest BCUT2D eigenvalue weighted by atomic mass is 16.5. The molecule has 0 aromatic heterocycles. The lowest BCUT2D eigenvalue weighted by Gasteiger charge is -2.22. The summed E-state index contributed by atoms with van der Waals surface area (Å²) in [4.78, 5) is 22.6. The third-order valence-electron chi connectivity index (χ3n) is 3.94. The van der Waals surface area contributed by atoms with Crippen molar-refractivity contribution in [2.45, 2.75) is 57.1 Å². The molecule has 2 amide bonds. The molecule has 0 aromatic rings. The largest absolute Gasteiger partial charge is 0.480 e. The fraction of sp³-hybridized carbons (Fsp3) is 0.857. The molecule has 2 rings (SSSR count). The summed E-state index contributed by atoms with van der Waals surface area (Å²) in [7, 11) is 0. The average Bonchev–Trinajstić information content (AvgIpc) is 3.26. The van der Waals surface area contributed by atoms with Crippen LogP contribution in [0.3, 0.4) is 0 Å². The number of carbonyl (C=O) groups is 2. The molecule has 0 spiro atoms. The maximum atomic E-state index is 11.6. The van der Waals surface area contributed by atoms with Crippen molar-refractivity contribution in [2.75, 3.05) is 13.2 Å². The van der Waals surface area contributed by atoms with Gasteiger partial charge in [-0.05, 0) is 31.6 Å². The number of aliphatic carboxylic acids is 1. The number of rotatable bonds is 7. The van der Waals surface area contributed by atoms with E-state index >= 15 is 0 Å². The van der Waals surface area contributed by atoms with E-state index in [-0.39, 0.29) is 5.92 Å². The summed E-state index contributed by atoms with van der Waals surface area (Å²) in [5.74, 6) is -0.863. The van der Waals surface area contributed by atoms with E-state index in [0.29, 0.717) is 19.3 Å². The van der Waals surface area contributed by atoms with Gasteiger partial charge in [-0.15, -0.1) is 0 Å². The van der Waals surface area contributed by atoms with Gasteiger partial charge in [0.2, 0.25) is 0 Å². The first kappa shape index (κ1) is 15.1. The van der Waals surface area contributed by atoms with E-state index in [0.717, 1.165) is 25.7 Å². The van der Waals surface area contributed by atoms with Crippen molar-refractivity contribution in [1.82, 2.24) is 10.6 Å². The van der Waals surface area contributed by atoms with Gasteiger partial charge in [-0.25, -0.2) is 9.59 Å². The Morgan fingerprint density at radius 2 is 1.85 bits per heavy atom. The number of ether oxygens (including phenoxy) is 1. The summed E-state index contributed by atoms with van der Waals surface area (Å²) in [6, 6.07) is -1.18. The van der Waals surface area contributed by atoms with Crippen LogP contribution in [0.15, 0.2) is 0 Å². The van der Waals surface area contributed by atoms with Crippen LogP contribution in [0.4, 0.5) is 4.79 Å². The van der Waals surface area contributed by atoms with Gasteiger partial charge in [-0.2, -0.15) is 0 Å². The molecule has 20 heavy (non-hydrogen) atoms. The van der Waals surface area contributed by atoms with Gasteiger partial charge in [-0.1, -0.05) is 19.3 Å². The summed E-state index contributed by atoms with van der Waals surface area (Å²) in [6.45, 7) is 0.901. The number of carbonyl (C=O) groups excluding carboxylic acids is 1. The maximum absolute atomic E-state index is 11.6. The van der Waals surface area contributed by atoms with Crippen LogP contribution in [0.5, 0.6) is 0 Å². The van der Waals surface area contributed by atoms with E-state index in [1.165, 1.54) is 19.3 Å². The molecule has 3 N–H and O–H groups in total. The summed E-state index contributed by atoms with van der Waals surface area (Å²) in [5.41, 5.74) is 0. The van der Waals surface area contributed by atoms with Gasteiger partial charge >= 0.3 is 12.0 Å². The molecule has 0 aromatic carbocycles. The zero-order chi connectivity index (χ0) is 14.4. The van der Waals surface area contributed by atoms with E-state index in [2.05, 4.69) is 10.6 Å². The molecule has 1 unspecified atom stereocenters. The molecule has 2 aliphatic rings. The van der Waals surface area contributed by atoms with Crippen molar-refractivity contribution >= 4 is 12.0 Å². The smallest absolute Gasteiger partial charge is 0.326 e. The fourth-order valence-electron chi connectivity index (χ4n) is 2.62. The van der Waals surface area contributed by atoms with Gasteiger partial charge in [-0.3, -0.25) is 0 Å². The Morgan fingerprint density at radius 3 is 2.45 bits per heavy atom. The predicted molar refractivity (Wildman–Crippen MR) is 73.5 cm³/mol. The quantitative estimate of drug-likeness (QED) is 0.618. The molecular formula is C14H24N2O4. The van der Waals surface area contributed by atoms with Crippen molar-refractivity contribution in [3.63, 3.8) is 0 Å². The Morgan fingerprint density at radius 1 is 1.15 bits per heavy atom. The molecule has 1 atom stereocenters. The second kappa shape index (κ2) is 7.47. The molecule has 6 nitrogen and oxygen atoms in total. The normalized spacial score (nSPS) is 21.2. The second-order valence-corrected chi connectivity index (χ2v) is 5.68. The molecule has 0 bridgehead atoms. The number of nitrogens with one attached hydrogen (secondary N) is 2. The maximum Gasteiger partial charge on any atom is 0.326 e. The average molecular weight is 284 g/mol.